The highest BCUT2D eigenvalue weighted by Gasteiger charge is 2.43. The summed E-state index contributed by atoms with van der Waals surface area (Å²) >= 11 is 1.83. The molecule has 0 radical (unpaired) electrons. The molecule has 3 atom stereocenters. The van der Waals surface area contributed by atoms with Crippen molar-refractivity contribution in [1.82, 2.24) is 9.88 Å². The van der Waals surface area contributed by atoms with Crippen LogP contribution in [-0.2, 0) is 0 Å². The Hall–Kier alpha value is -2.01. The predicted octanol–water partition coefficient (Wildman–Crippen LogP) is 3.38. The molecule has 0 aliphatic carbocycles. The van der Waals surface area contributed by atoms with Crippen molar-refractivity contribution >= 4 is 16.9 Å². The number of aromatic nitrogens is 1. The van der Waals surface area contributed by atoms with Gasteiger partial charge in [-0.3, -0.25) is 9.98 Å². The van der Waals surface area contributed by atoms with Gasteiger partial charge in [-0.15, -0.1) is 0 Å². The van der Waals surface area contributed by atoms with E-state index < -0.39 is 0 Å². The second kappa shape index (κ2) is 5.32. The fraction of sp³-hybridized carbons (Fsp3) is 0.294. The number of phenolic OH excluding ortho intramolecular Hbond substituents is 1. The van der Waals surface area contributed by atoms with E-state index in [-0.39, 0.29) is 12.1 Å². The van der Waals surface area contributed by atoms with Gasteiger partial charge in [0.25, 0.3) is 0 Å². The smallest absolute Gasteiger partial charge is 0.160 e. The van der Waals surface area contributed by atoms with Crippen LogP contribution in [0.2, 0.25) is 0 Å². The molecule has 3 heterocycles. The molecule has 0 spiro atoms. The van der Waals surface area contributed by atoms with E-state index in [1.54, 1.807) is 12.1 Å². The highest BCUT2D eigenvalue weighted by atomic mass is 32.2. The van der Waals surface area contributed by atoms with E-state index in [0.29, 0.717) is 11.0 Å². The van der Waals surface area contributed by atoms with E-state index >= 15 is 0 Å². The van der Waals surface area contributed by atoms with Crippen molar-refractivity contribution < 1.29 is 5.11 Å². The molecule has 1 fully saturated rings. The van der Waals surface area contributed by atoms with Crippen molar-refractivity contribution in [2.24, 2.45) is 4.99 Å². The molecule has 0 saturated carbocycles. The normalized spacial score (nSPS) is 26.9. The van der Waals surface area contributed by atoms with Gasteiger partial charge in [-0.1, -0.05) is 36.9 Å². The third kappa shape index (κ3) is 2.25. The number of amidine groups is 1. The first-order chi connectivity index (χ1) is 10.7. The highest BCUT2D eigenvalue weighted by molar-refractivity contribution is 8.14. The molecule has 0 unspecified atom stereocenters. The summed E-state index contributed by atoms with van der Waals surface area (Å²) in [7, 11) is 0. The van der Waals surface area contributed by atoms with Crippen LogP contribution in [0.4, 0.5) is 0 Å². The first-order valence-electron chi connectivity index (χ1n) is 7.43. The maximum atomic E-state index is 9.55. The Bertz CT molecular complexity index is 702. The lowest BCUT2D eigenvalue weighted by Crippen LogP contribution is -2.28. The number of rotatable bonds is 2. The van der Waals surface area contributed by atoms with Crippen LogP contribution in [0.1, 0.15) is 30.3 Å². The third-order valence-electron chi connectivity index (χ3n) is 4.12. The van der Waals surface area contributed by atoms with Gasteiger partial charge in [0, 0.05) is 18.0 Å². The van der Waals surface area contributed by atoms with Crippen LogP contribution in [0.25, 0.3) is 0 Å². The Morgan fingerprint density at radius 1 is 1.18 bits per heavy atom. The third-order valence-corrected chi connectivity index (χ3v) is 5.22. The second-order valence-electron chi connectivity index (χ2n) is 5.73. The van der Waals surface area contributed by atoms with Crippen LogP contribution in [-0.4, -0.2) is 32.0 Å². The first-order valence-corrected chi connectivity index (χ1v) is 8.31. The van der Waals surface area contributed by atoms with E-state index in [1.807, 2.05) is 48.3 Å². The van der Waals surface area contributed by atoms with Crippen LogP contribution < -0.4 is 0 Å². The van der Waals surface area contributed by atoms with Crippen molar-refractivity contribution in [2.75, 3.05) is 6.54 Å². The average molecular weight is 311 g/mol. The Balaban J connectivity index is 1.76. The number of pyridine rings is 1. The lowest BCUT2D eigenvalue weighted by Gasteiger charge is -2.27. The zero-order valence-corrected chi connectivity index (χ0v) is 13.1. The molecule has 1 aromatic heterocycles. The Morgan fingerprint density at radius 2 is 2.00 bits per heavy atom. The minimum absolute atomic E-state index is 0.0146. The van der Waals surface area contributed by atoms with E-state index in [4.69, 9.17) is 4.99 Å². The van der Waals surface area contributed by atoms with Gasteiger partial charge in [0.05, 0.1) is 11.7 Å². The Morgan fingerprint density at radius 3 is 2.73 bits per heavy atom. The van der Waals surface area contributed by atoms with Crippen molar-refractivity contribution in [3.05, 3.63) is 59.9 Å². The summed E-state index contributed by atoms with van der Waals surface area (Å²) in [5.41, 5.74) is 2.16. The average Bonchev–Trinajstić information content (AvgIpc) is 3.05. The molecular formula is C17H17N3OS. The zero-order valence-electron chi connectivity index (χ0n) is 12.3. The number of thioether (sulfide) groups is 1. The summed E-state index contributed by atoms with van der Waals surface area (Å²) < 4.78 is 0. The summed E-state index contributed by atoms with van der Waals surface area (Å²) in [6.07, 6.45) is 1.82. The Kier molecular flexibility index (Phi) is 3.30. The van der Waals surface area contributed by atoms with Crippen LogP contribution in [0.3, 0.4) is 0 Å². The maximum Gasteiger partial charge on any atom is 0.160 e. The molecule has 2 aliphatic rings. The highest BCUT2D eigenvalue weighted by Crippen LogP contribution is 2.47. The number of fused-ring (bicyclic) bond motifs is 1. The van der Waals surface area contributed by atoms with Gasteiger partial charge in [-0.2, -0.15) is 0 Å². The number of hydrogen-bond donors (Lipinski definition) is 1. The molecule has 4 rings (SSSR count). The molecule has 1 saturated heterocycles. The molecule has 112 valence electrons. The van der Waals surface area contributed by atoms with Gasteiger partial charge in [-0.25, -0.2) is 0 Å². The topological polar surface area (TPSA) is 48.7 Å². The van der Waals surface area contributed by atoms with Gasteiger partial charge >= 0.3 is 0 Å². The zero-order chi connectivity index (χ0) is 15.1. The largest absolute Gasteiger partial charge is 0.508 e. The minimum atomic E-state index is 0.0146. The summed E-state index contributed by atoms with van der Waals surface area (Å²) in [5.74, 6) is 0.293. The van der Waals surface area contributed by atoms with Crippen LogP contribution in [0.15, 0.2) is 53.7 Å². The maximum absolute atomic E-state index is 9.55. The predicted molar refractivity (Wildman–Crippen MR) is 89.0 cm³/mol. The molecule has 22 heavy (non-hydrogen) atoms. The molecule has 2 aromatic rings. The summed E-state index contributed by atoms with van der Waals surface area (Å²) in [6, 6.07) is 13.6. The summed E-state index contributed by atoms with van der Waals surface area (Å²) in [4.78, 5) is 11.8. The van der Waals surface area contributed by atoms with Crippen molar-refractivity contribution in [1.29, 1.82) is 0 Å². The standard InChI is InChI=1S/C17H17N3OS/c1-11-10-20-16(12-5-7-13(21)8-6-12)15(19-17(20)22-11)14-4-2-3-9-18-14/h2-9,11,15-16,21H,10H2,1H3/t11-,15+,16+/m1/s1. The van der Waals surface area contributed by atoms with E-state index in [2.05, 4.69) is 16.8 Å². The van der Waals surface area contributed by atoms with Crippen molar-refractivity contribution in [2.45, 2.75) is 24.3 Å². The number of phenols is 1. The number of benzene rings is 1. The monoisotopic (exact) mass is 311 g/mol. The molecule has 0 amide bonds. The summed E-state index contributed by atoms with van der Waals surface area (Å²) in [6.45, 7) is 3.23. The molecule has 5 heteroatoms. The number of nitrogens with zero attached hydrogens (tertiary/aromatic N) is 3. The molecule has 1 aromatic carbocycles. The number of aromatic hydroxyl groups is 1. The van der Waals surface area contributed by atoms with Gasteiger partial charge in [-0.05, 0) is 29.8 Å². The number of aliphatic imine (C=N–C) groups is 1. The lowest BCUT2D eigenvalue weighted by molar-refractivity contribution is 0.321. The van der Waals surface area contributed by atoms with Gasteiger partial charge < -0.3 is 10.0 Å². The summed E-state index contributed by atoms with van der Waals surface area (Å²) in [5, 5.41) is 11.2. The fourth-order valence-corrected chi connectivity index (χ4v) is 4.24. The van der Waals surface area contributed by atoms with Crippen LogP contribution in [0, 0.1) is 0 Å². The molecule has 1 N–H and O–H groups in total. The van der Waals surface area contributed by atoms with Crippen LogP contribution in [0.5, 0.6) is 5.75 Å². The van der Waals surface area contributed by atoms with E-state index in [0.717, 1.165) is 17.4 Å². The van der Waals surface area contributed by atoms with E-state index in [1.165, 1.54) is 5.56 Å². The fourth-order valence-electron chi connectivity index (χ4n) is 3.15. The van der Waals surface area contributed by atoms with Crippen molar-refractivity contribution in [3.63, 3.8) is 0 Å². The second-order valence-corrected chi connectivity index (χ2v) is 7.13. The molecule has 0 bridgehead atoms. The SMILES string of the molecule is C[C@@H]1CN2C(=N[C@@H](c3ccccn3)[C@@H]2c2ccc(O)cc2)S1. The molecule has 4 nitrogen and oxygen atoms in total. The van der Waals surface area contributed by atoms with Gasteiger partial charge in [0.1, 0.15) is 11.8 Å². The minimum Gasteiger partial charge on any atom is -0.508 e. The quantitative estimate of drug-likeness (QED) is 0.924. The van der Waals surface area contributed by atoms with Crippen molar-refractivity contribution in [3.8, 4) is 5.75 Å². The number of hydrogen-bond acceptors (Lipinski definition) is 5. The molecular weight excluding hydrogens is 294 g/mol. The molecule has 2 aliphatic heterocycles. The van der Waals surface area contributed by atoms with Gasteiger partial charge in [0.15, 0.2) is 5.17 Å². The lowest BCUT2D eigenvalue weighted by atomic mass is 9.96. The van der Waals surface area contributed by atoms with Crippen LogP contribution >= 0.6 is 11.8 Å². The first kappa shape index (κ1) is 13.6. The van der Waals surface area contributed by atoms with E-state index in [9.17, 15) is 5.11 Å². The Labute approximate surface area is 133 Å². The van der Waals surface area contributed by atoms with Gasteiger partial charge in [0.2, 0.25) is 0 Å².